The Morgan fingerprint density at radius 3 is 2.86 bits per heavy atom. The number of carbonyl (C=O) groups excluding carboxylic acids is 1. The highest BCUT2D eigenvalue weighted by atomic mass is 19.1. The first-order valence-corrected chi connectivity index (χ1v) is 9.92. The van der Waals surface area contributed by atoms with Crippen molar-refractivity contribution < 1.29 is 13.9 Å². The minimum atomic E-state index is -0.479. The summed E-state index contributed by atoms with van der Waals surface area (Å²) in [6.45, 7) is 0. The van der Waals surface area contributed by atoms with Crippen LogP contribution in [0.3, 0.4) is 0 Å². The van der Waals surface area contributed by atoms with Gasteiger partial charge in [0.25, 0.3) is 0 Å². The Kier molecular flexibility index (Phi) is 5.69. The van der Waals surface area contributed by atoms with Crippen LogP contribution in [0.4, 0.5) is 10.3 Å². The number of fused-ring (bicyclic) bond motifs is 1. The van der Waals surface area contributed by atoms with Gasteiger partial charge in [-0.1, -0.05) is 6.07 Å². The minimum absolute atomic E-state index is 0.148. The molecule has 1 saturated carbocycles. The van der Waals surface area contributed by atoms with E-state index in [0.717, 1.165) is 37.8 Å². The molecule has 0 saturated heterocycles. The largest absolute Gasteiger partial charge is 0.469 e. The van der Waals surface area contributed by atoms with Crippen LogP contribution in [0.25, 0.3) is 17.0 Å². The van der Waals surface area contributed by atoms with E-state index in [4.69, 9.17) is 4.74 Å². The number of carbonyl (C=O) groups is 1. The Morgan fingerprint density at radius 1 is 1.24 bits per heavy atom. The Labute approximate surface area is 168 Å². The zero-order chi connectivity index (χ0) is 20.2. The summed E-state index contributed by atoms with van der Waals surface area (Å²) in [6.07, 6.45) is 10.0. The molecule has 7 nitrogen and oxygen atoms in total. The number of hydrogen-bond acceptors (Lipinski definition) is 6. The maximum atomic E-state index is 14.4. The highest BCUT2D eigenvalue weighted by Gasteiger charge is 2.23. The molecule has 0 radical (unpaired) electrons. The van der Waals surface area contributed by atoms with Crippen molar-refractivity contribution in [3.63, 3.8) is 0 Å². The van der Waals surface area contributed by atoms with E-state index >= 15 is 0 Å². The van der Waals surface area contributed by atoms with E-state index in [9.17, 15) is 9.18 Å². The van der Waals surface area contributed by atoms with Gasteiger partial charge in [0.05, 0.1) is 25.2 Å². The fraction of sp³-hybridized carbons (Fsp3) is 0.429. The molecule has 0 aromatic carbocycles. The van der Waals surface area contributed by atoms with Gasteiger partial charge < -0.3 is 10.1 Å². The topological polar surface area (TPSA) is 81.4 Å². The second kappa shape index (κ2) is 8.55. The Morgan fingerprint density at radius 2 is 2.07 bits per heavy atom. The van der Waals surface area contributed by atoms with Crippen LogP contribution in [0.1, 0.15) is 38.5 Å². The fourth-order valence-electron chi connectivity index (χ4n) is 3.93. The minimum Gasteiger partial charge on any atom is -0.469 e. The summed E-state index contributed by atoms with van der Waals surface area (Å²) in [6, 6.07) is 5.86. The summed E-state index contributed by atoms with van der Waals surface area (Å²) in [5.41, 5.74) is 1.56. The molecule has 0 spiro atoms. The third-order valence-electron chi connectivity index (χ3n) is 5.57. The molecule has 0 bridgehead atoms. The number of esters is 1. The highest BCUT2D eigenvalue weighted by molar-refractivity contribution is 5.69. The average molecular weight is 397 g/mol. The number of ether oxygens (including phenoxy) is 1. The van der Waals surface area contributed by atoms with Crippen LogP contribution in [-0.4, -0.2) is 38.5 Å². The van der Waals surface area contributed by atoms with Crippen molar-refractivity contribution in [3.8, 4) is 11.4 Å². The maximum Gasteiger partial charge on any atom is 0.305 e. The Bertz CT molecular complexity index is 998. The molecule has 152 valence electrons. The van der Waals surface area contributed by atoms with Crippen molar-refractivity contribution >= 4 is 17.6 Å². The molecule has 8 heteroatoms. The average Bonchev–Trinajstić information content (AvgIpc) is 3.18. The van der Waals surface area contributed by atoms with Crippen molar-refractivity contribution in [3.05, 3.63) is 42.6 Å². The fourth-order valence-corrected chi connectivity index (χ4v) is 3.93. The lowest BCUT2D eigenvalue weighted by Crippen LogP contribution is -2.27. The molecule has 1 aliphatic rings. The second-order valence-electron chi connectivity index (χ2n) is 7.44. The van der Waals surface area contributed by atoms with Gasteiger partial charge in [-0.2, -0.15) is 0 Å². The van der Waals surface area contributed by atoms with Gasteiger partial charge in [-0.05, 0) is 50.2 Å². The van der Waals surface area contributed by atoms with Gasteiger partial charge >= 0.3 is 5.97 Å². The quantitative estimate of drug-likeness (QED) is 0.636. The number of hydrogen-bond donors (Lipinski definition) is 1. The smallest absolute Gasteiger partial charge is 0.305 e. The van der Waals surface area contributed by atoms with Gasteiger partial charge in [0.15, 0.2) is 5.82 Å². The maximum absolute atomic E-state index is 14.4. The van der Waals surface area contributed by atoms with Crippen LogP contribution in [0, 0.1) is 11.7 Å². The first-order chi connectivity index (χ1) is 14.1. The first-order valence-electron chi connectivity index (χ1n) is 9.92. The number of nitrogens with one attached hydrogen (secondary N) is 1. The summed E-state index contributed by atoms with van der Waals surface area (Å²) >= 11 is 0. The zero-order valence-corrected chi connectivity index (χ0v) is 16.3. The monoisotopic (exact) mass is 397 g/mol. The van der Waals surface area contributed by atoms with Crippen molar-refractivity contribution in [2.45, 2.75) is 44.6 Å². The molecule has 0 unspecified atom stereocenters. The van der Waals surface area contributed by atoms with Crippen molar-refractivity contribution in [2.24, 2.45) is 5.92 Å². The summed E-state index contributed by atoms with van der Waals surface area (Å²) in [5, 5.41) is 3.34. The molecule has 0 atom stereocenters. The highest BCUT2D eigenvalue weighted by Crippen LogP contribution is 2.30. The third-order valence-corrected chi connectivity index (χ3v) is 5.57. The normalized spacial score (nSPS) is 19.2. The first kappa shape index (κ1) is 19.3. The molecule has 1 fully saturated rings. The summed E-state index contributed by atoms with van der Waals surface area (Å²) in [5.74, 6) is 0.331. The van der Waals surface area contributed by atoms with Gasteiger partial charge in [0.1, 0.15) is 11.3 Å². The SMILES string of the molecule is COC(=O)CCC1CCC(Nc2ncc(F)c(-c3cnc4ccccn34)n2)CC1. The number of anilines is 1. The number of imidazole rings is 1. The Hall–Kier alpha value is -3.03. The molecule has 0 amide bonds. The van der Waals surface area contributed by atoms with E-state index in [-0.39, 0.29) is 17.7 Å². The summed E-state index contributed by atoms with van der Waals surface area (Å²) < 4.78 is 21.0. The molecule has 3 aromatic rings. The van der Waals surface area contributed by atoms with E-state index in [0.29, 0.717) is 24.0 Å². The number of pyridine rings is 1. The Balaban J connectivity index is 1.42. The number of halogens is 1. The molecule has 1 aliphatic carbocycles. The van der Waals surface area contributed by atoms with Crippen molar-refractivity contribution in [2.75, 3.05) is 12.4 Å². The number of methoxy groups -OCH3 is 1. The van der Waals surface area contributed by atoms with E-state index in [1.54, 1.807) is 6.20 Å². The van der Waals surface area contributed by atoms with E-state index in [1.165, 1.54) is 13.3 Å². The van der Waals surface area contributed by atoms with Gasteiger partial charge in [-0.15, -0.1) is 0 Å². The van der Waals surface area contributed by atoms with Crippen LogP contribution >= 0.6 is 0 Å². The van der Waals surface area contributed by atoms with Crippen molar-refractivity contribution in [1.29, 1.82) is 0 Å². The molecular formula is C21H24FN5O2. The van der Waals surface area contributed by atoms with Crippen molar-refractivity contribution in [1.82, 2.24) is 19.4 Å². The molecule has 0 aliphatic heterocycles. The lowest BCUT2D eigenvalue weighted by molar-refractivity contribution is -0.141. The number of nitrogens with zero attached hydrogens (tertiary/aromatic N) is 4. The van der Waals surface area contributed by atoms with Gasteiger partial charge in [0, 0.05) is 18.7 Å². The van der Waals surface area contributed by atoms with Crippen LogP contribution in [-0.2, 0) is 9.53 Å². The zero-order valence-electron chi connectivity index (χ0n) is 16.3. The third kappa shape index (κ3) is 4.36. The van der Waals surface area contributed by atoms with Gasteiger partial charge in [0.2, 0.25) is 5.95 Å². The molecule has 1 N–H and O–H groups in total. The van der Waals surface area contributed by atoms with Crippen LogP contribution in [0.5, 0.6) is 0 Å². The molecule has 3 aromatic heterocycles. The molecule has 3 heterocycles. The van der Waals surface area contributed by atoms with Crippen LogP contribution < -0.4 is 5.32 Å². The standard InChI is InChI=1S/C21H24FN5O2/c1-29-19(28)10-7-14-5-8-15(9-6-14)25-21-24-12-16(22)20(26-21)17-13-23-18-4-2-3-11-27(17)18/h2-4,11-15H,5-10H2,1H3,(H,24,25,26). The van der Waals surface area contributed by atoms with E-state index in [1.807, 2.05) is 28.8 Å². The predicted octanol–water partition coefficient (Wildman–Crippen LogP) is 3.85. The van der Waals surface area contributed by atoms with Crippen LogP contribution in [0.15, 0.2) is 36.8 Å². The molecule has 29 heavy (non-hydrogen) atoms. The molecular weight excluding hydrogens is 373 g/mol. The van der Waals surface area contributed by atoms with E-state index < -0.39 is 5.82 Å². The lowest BCUT2D eigenvalue weighted by atomic mass is 9.83. The predicted molar refractivity (Wildman–Crippen MR) is 107 cm³/mol. The van der Waals surface area contributed by atoms with Gasteiger partial charge in [-0.25, -0.2) is 19.3 Å². The van der Waals surface area contributed by atoms with Gasteiger partial charge in [-0.3, -0.25) is 9.20 Å². The number of rotatable bonds is 6. The number of aromatic nitrogens is 4. The lowest BCUT2D eigenvalue weighted by Gasteiger charge is -2.29. The molecule has 4 rings (SSSR count). The summed E-state index contributed by atoms with van der Waals surface area (Å²) in [7, 11) is 1.42. The van der Waals surface area contributed by atoms with Crippen LogP contribution in [0.2, 0.25) is 0 Å². The van der Waals surface area contributed by atoms with E-state index in [2.05, 4.69) is 20.3 Å². The second-order valence-corrected chi connectivity index (χ2v) is 7.44. The summed E-state index contributed by atoms with van der Waals surface area (Å²) in [4.78, 5) is 24.2.